The largest absolute Gasteiger partial charge is 0.454 e. The lowest BCUT2D eigenvalue weighted by molar-refractivity contribution is -0.126. The molecule has 3 fully saturated rings. The van der Waals surface area contributed by atoms with E-state index in [1.165, 1.54) is 25.7 Å². The van der Waals surface area contributed by atoms with Crippen LogP contribution in [0.3, 0.4) is 0 Å². The number of halogens is 1. The summed E-state index contributed by atoms with van der Waals surface area (Å²) < 4.78 is 10.9. The lowest BCUT2D eigenvalue weighted by Crippen LogP contribution is -2.49. The van der Waals surface area contributed by atoms with Crippen LogP contribution in [0.25, 0.3) is 0 Å². The van der Waals surface area contributed by atoms with E-state index in [-0.39, 0.29) is 12.7 Å². The van der Waals surface area contributed by atoms with Crippen LogP contribution in [0.5, 0.6) is 11.5 Å². The summed E-state index contributed by atoms with van der Waals surface area (Å²) in [6.45, 7) is 5.41. The van der Waals surface area contributed by atoms with E-state index in [2.05, 4.69) is 15.1 Å². The third kappa shape index (κ3) is 4.49. The molecule has 0 atom stereocenters. The number of amides is 1. The average Bonchev–Trinajstić information content (AvgIpc) is 3.44. The molecule has 0 unspecified atom stereocenters. The van der Waals surface area contributed by atoms with Crippen LogP contribution in [0.1, 0.15) is 44.1 Å². The van der Waals surface area contributed by atoms with Gasteiger partial charge in [-0.2, -0.15) is 0 Å². The van der Waals surface area contributed by atoms with Crippen molar-refractivity contribution in [2.45, 2.75) is 57.2 Å². The highest BCUT2D eigenvalue weighted by Crippen LogP contribution is 2.37. The van der Waals surface area contributed by atoms with Crippen LogP contribution in [-0.4, -0.2) is 60.8 Å². The Balaban J connectivity index is 1.09. The number of hydrogen-bond acceptors (Lipinski definition) is 5. The minimum absolute atomic E-state index is 0.222. The summed E-state index contributed by atoms with van der Waals surface area (Å²) in [7, 11) is 0. The fraction of sp³-hybridized carbons (Fsp3) is 0.682. The van der Waals surface area contributed by atoms with Crippen LogP contribution in [0.2, 0.25) is 5.02 Å². The number of hydrogen-bond donors (Lipinski definition) is 1. The standard InChI is InChI=1S/C22H30ClN3O3/c23-19-12-21-20(28-14-29-21)11-16(19)13-25-7-5-18(6-8-25)26-9-3-15(4-10-26)22(27)24-17-1-2-17/h11-12,15,17-18H,1-10,13-14H2,(H,24,27). The SMILES string of the molecule is O=C(NC1CC1)C1CCN(C2CCN(Cc3cc4c(cc3Cl)OCO4)CC2)CC1. The summed E-state index contributed by atoms with van der Waals surface area (Å²) in [6, 6.07) is 5.01. The van der Waals surface area contributed by atoms with Gasteiger partial charge in [0.05, 0.1) is 0 Å². The smallest absolute Gasteiger partial charge is 0.231 e. The molecule has 29 heavy (non-hydrogen) atoms. The first kappa shape index (κ1) is 19.5. The summed E-state index contributed by atoms with van der Waals surface area (Å²) in [5.74, 6) is 2.06. The van der Waals surface area contributed by atoms with Gasteiger partial charge in [-0.3, -0.25) is 9.69 Å². The monoisotopic (exact) mass is 419 g/mol. The number of nitrogens with zero attached hydrogens (tertiary/aromatic N) is 2. The first-order valence-electron chi connectivity index (χ1n) is 11.0. The third-order valence-electron chi connectivity index (χ3n) is 6.83. The number of nitrogens with one attached hydrogen (secondary N) is 1. The zero-order valence-corrected chi connectivity index (χ0v) is 17.6. The quantitative estimate of drug-likeness (QED) is 0.795. The molecule has 3 aliphatic heterocycles. The van der Waals surface area contributed by atoms with Crippen LogP contribution < -0.4 is 14.8 Å². The van der Waals surface area contributed by atoms with Crippen molar-refractivity contribution in [3.05, 3.63) is 22.7 Å². The van der Waals surface area contributed by atoms with Gasteiger partial charge in [-0.25, -0.2) is 0 Å². The van der Waals surface area contributed by atoms with Crippen molar-refractivity contribution in [1.29, 1.82) is 0 Å². The van der Waals surface area contributed by atoms with E-state index in [0.717, 1.165) is 67.7 Å². The fourth-order valence-electron chi connectivity index (χ4n) is 4.84. The van der Waals surface area contributed by atoms with Crippen molar-refractivity contribution in [2.75, 3.05) is 33.0 Å². The summed E-state index contributed by atoms with van der Waals surface area (Å²) in [6.07, 6.45) is 6.71. The van der Waals surface area contributed by atoms with Gasteiger partial charge in [-0.1, -0.05) is 11.6 Å². The van der Waals surface area contributed by atoms with Crippen molar-refractivity contribution < 1.29 is 14.3 Å². The first-order valence-corrected chi connectivity index (χ1v) is 11.4. The highest BCUT2D eigenvalue weighted by atomic mass is 35.5. The average molecular weight is 420 g/mol. The van der Waals surface area contributed by atoms with Crippen LogP contribution in [0.4, 0.5) is 0 Å². The Morgan fingerprint density at radius 2 is 1.69 bits per heavy atom. The Morgan fingerprint density at radius 1 is 1.00 bits per heavy atom. The second-order valence-electron chi connectivity index (χ2n) is 8.90. The highest BCUT2D eigenvalue weighted by molar-refractivity contribution is 6.31. The Hall–Kier alpha value is -1.50. The van der Waals surface area contributed by atoms with Crippen molar-refractivity contribution in [3.8, 4) is 11.5 Å². The van der Waals surface area contributed by atoms with E-state index in [4.69, 9.17) is 21.1 Å². The molecule has 158 valence electrons. The molecule has 0 radical (unpaired) electrons. The van der Waals surface area contributed by atoms with E-state index in [0.29, 0.717) is 18.0 Å². The van der Waals surface area contributed by atoms with Crippen LogP contribution in [0, 0.1) is 5.92 Å². The van der Waals surface area contributed by atoms with E-state index in [1.54, 1.807) is 0 Å². The molecule has 0 bridgehead atoms. The van der Waals surface area contributed by atoms with Gasteiger partial charge in [0.2, 0.25) is 12.7 Å². The molecular weight excluding hydrogens is 390 g/mol. The Morgan fingerprint density at radius 3 is 2.38 bits per heavy atom. The van der Waals surface area contributed by atoms with E-state index >= 15 is 0 Å². The number of benzene rings is 1. The van der Waals surface area contributed by atoms with Crippen molar-refractivity contribution in [3.63, 3.8) is 0 Å². The van der Waals surface area contributed by atoms with Gasteiger partial charge in [0, 0.05) is 35.6 Å². The maximum Gasteiger partial charge on any atom is 0.231 e. The van der Waals surface area contributed by atoms with Crippen molar-refractivity contribution in [2.24, 2.45) is 5.92 Å². The second kappa shape index (κ2) is 8.32. The topological polar surface area (TPSA) is 54.0 Å². The van der Waals surface area contributed by atoms with E-state index in [1.807, 2.05) is 12.1 Å². The van der Waals surface area contributed by atoms with Gasteiger partial charge in [-0.15, -0.1) is 0 Å². The predicted molar refractivity (Wildman–Crippen MR) is 111 cm³/mol. The van der Waals surface area contributed by atoms with Crippen LogP contribution >= 0.6 is 11.6 Å². The lowest BCUT2D eigenvalue weighted by Gasteiger charge is -2.41. The van der Waals surface area contributed by atoms with Gasteiger partial charge in [0.25, 0.3) is 0 Å². The number of likely N-dealkylation sites (tertiary alicyclic amines) is 2. The van der Waals surface area contributed by atoms with Gasteiger partial charge in [0.15, 0.2) is 11.5 Å². The summed E-state index contributed by atoms with van der Waals surface area (Å²) in [5.41, 5.74) is 1.11. The zero-order valence-electron chi connectivity index (χ0n) is 16.9. The number of fused-ring (bicyclic) bond motifs is 1. The number of ether oxygens (including phenoxy) is 2. The molecule has 7 heteroatoms. The molecule has 0 spiro atoms. The van der Waals surface area contributed by atoms with Crippen LogP contribution in [0.15, 0.2) is 12.1 Å². The van der Waals surface area contributed by atoms with Gasteiger partial charge < -0.3 is 19.7 Å². The normalized spacial score (nSPS) is 24.0. The molecule has 1 N–H and O–H groups in total. The molecule has 1 aromatic rings. The molecule has 3 heterocycles. The molecule has 1 amide bonds. The highest BCUT2D eigenvalue weighted by Gasteiger charge is 2.33. The molecule has 1 aromatic carbocycles. The maximum absolute atomic E-state index is 12.3. The number of rotatable bonds is 5. The Labute approximate surface area is 177 Å². The van der Waals surface area contributed by atoms with Gasteiger partial charge in [0.1, 0.15) is 0 Å². The van der Waals surface area contributed by atoms with Crippen LogP contribution in [-0.2, 0) is 11.3 Å². The molecule has 4 aliphatic rings. The molecule has 5 rings (SSSR count). The molecule has 6 nitrogen and oxygen atoms in total. The second-order valence-corrected chi connectivity index (χ2v) is 9.30. The summed E-state index contributed by atoms with van der Waals surface area (Å²) in [4.78, 5) is 17.4. The third-order valence-corrected chi connectivity index (χ3v) is 7.18. The first-order chi connectivity index (χ1) is 14.2. The molecular formula is C22H30ClN3O3. The lowest BCUT2D eigenvalue weighted by atomic mass is 9.92. The fourth-order valence-corrected chi connectivity index (χ4v) is 5.05. The summed E-state index contributed by atoms with van der Waals surface area (Å²) >= 11 is 6.45. The van der Waals surface area contributed by atoms with E-state index in [9.17, 15) is 4.79 Å². The Bertz CT molecular complexity index is 754. The molecule has 1 aliphatic carbocycles. The van der Waals surface area contributed by atoms with E-state index < -0.39 is 0 Å². The van der Waals surface area contributed by atoms with Crippen molar-refractivity contribution >= 4 is 17.5 Å². The van der Waals surface area contributed by atoms with Gasteiger partial charge >= 0.3 is 0 Å². The minimum Gasteiger partial charge on any atom is -0.454 e. The van der Waals surface area contributed by atoms with Crippen molar-refractivity contribution in [1.82, 2.24) is 15.1 Å². The van der Waals surface area contributed by atoms with Gasteiger partial charge in [-0.05, 0) is 76.3 Å². The maximum atomic E-state index is 12.3. The molecule has 1 saturated carbocycles. The number of carbonyl (C=O) groups is 1. The predicted octanol–water partition coefficient (Wildman–Crippen LogP) is 3.02. The number of carbonyl (C=O) groups excluding carboxylic acids is 1. The minimum atomic E-state index is 0.222. The molecule has 0 aromatic heterocycles. The summed E-state index contributed by atoms with van der Waals surface area (Å²) in [5, 5.41) is 3.93. The zero-order chi connectivity index (χ0) is 19.8. The molecule has 2 saturated heterocycles. The Kier molecular flexibility index (Phi) is 5.59. The number of piperidine rings is 2.